The predicted molar refractivity (Wildman–Crippen MR) is 124 cm³/mol. The van der Waals surface area contributed by atoms with Crippen molar-refractivity contribution in [2.45, 2.75) is 56.6 Å². The van der Waals surface area contributed by atoms with Crippen molar-refractivity contribution in [3.8, 4) is 0 Å². The Morgan fingerprint density at radius 1 is 1.15 bits per heavy atom. The van der Waals surface area contributed by atoms with Crippen LogP contribution in [-0.4, -0.2) is 39.9 Å². The SMILES string of the molecule is O=C(COC(=O)C12C[C@H]3C[C@@H](CC(O)(C3)C1)C2)N1N=C(c2ccc(Cl)cc2)C[C@H]1c1ccco1. The summed E-state index contributed by atoms with van der Waals surface area (Å²) in [5, 5.41) is 17.5. The second-order valence-corrected chi connectivity index (χ2v) is 11.0. The van der Waals surface area contributed by atoms with Crippen molar-refractivity contribution in [3.05, 3.63) is 59.0 Å². The molecule has 0 spiro atoms. The Morgan fingerprint density at radius 3 is 2.53 bits per heavy atom. The molecule has 7 rings (SSSR count). The smallest absolute Gasteiger partial charge is 0.312 e. The van der Waals surface area contributed by atoms with Gasteiger partial charge in [0.05, 0.1) is 23.0 Å². The summed E-state index contributed by atoms with van der Waals surface area (Å²) in [5.74, 6) is 0.591. The highest BCUT2D eigenvalue weighted by atomic mass is 35.5. The van der Waals surface area contributed by atoms with Crippen LogP contribution >= 0.6 is 11.6 Å². The van der Waals surface area contributed by atoms with Crippen LogP contribution in [0.4, 0.5) is 0 Å². The van der Waals surface area contributed by atoms with Gasteiger partial charge in [-0.1, -0.05) is 23.7 Å². The summed E-state index contributed by atoms with van der Waals surface area (Å²) in [6, 6.07) is 10.5. The zero-order chi connectivity index (χ0) is 23.5. The lowest BCUT2D eigenvalue weighted by Crippen LogP contribution is -2.58. The van der Waals surface area contributed by atoms with Gasteiger partial charge < -0.3 is 14.3 Å². The Kier molecular flexibility index (Phi) is 5.12. The maximum Gasteiger partial charge on any atom is 0.312 e. The molecule has 4 aliphatic carbocycles. The number of aliphatic hydroxyl groups is 1. The summed E-state index contributed by atoms with van der Waals surface area (Å²) in [5.41, 5.74) is 0.183. The number of carbonyl (C=O) groups excluding carboxylic acids is 2. The molecule has 2 heterocycles. The van der Waals surface area contributed by atoms with Crippen LogP contribution in [0.25, 0.3) is 0 Å². The number of furan rings is 1. The number of ether oxygens (including phenoxy) is 1. The third-order valence-corrected chi connectivity index (χ3v) is 8.26. The molecule has 1 aliphatic heterocycles. The molecule has 2 aromatic rings. The zero-order valence-corrected chi connectivity index (χ0v) is 19.5. The van der Waals surface area contributed by atoms with Crippen LogP contribution in [0.15, 0.2) is 52.2 Å². The van der Waals surface area contributed by atoms with Gasteiger partial charge in [0, 0.05) is 11.4 Å². The van der Waals surface area contributed by atoms with Crippen molar-refractivity contribution in [3.63, 3.8) is 0 Å². The Hall–Kier alpha value is -2.64. The van der Waals surface area contributed by atoms with E-state index in [9.17, 15) is 14.7 Å². The van der Waals surface area contributed by atoms with Crippen molar-refractivity contribution >= 4 is 29.2 Å². The molecule has 4 fully saturated rings. The fourth-order valence-corrected chi connectivity index (χ4v) is 7.19. The van der Waals surface area contributed by atoms with Crippen LogP contribution in [0.1, 0.15) is 62.3 Å². The van der Waals surface area contributed by atoms with Crippen LogP contribution in [-0.2, 0) is 14.3 Å². The number of carbonyl (C=O) groups is 2. The second-order valence-electron chi connectivity index (χ2n) is 10.6. The first-order chi connectivity index (χ1) is 16.3. The highest BCUT2D eigenvalue weighted by Gasteiger charge is 2.61. The first kappa shape index (κ1) is 21.9. The lowest BCUT2D eigenvalue weighted by molar-refractivity contribution is -0.197. The Balaban J connectivity index is 1.18. The van der Waals surface area contributed by atoms with Crippen molar-refractivity contribution < 1.29 is 23.8 Å². The molecule has 1 aromatic carbocycles. The number of benzene rings is 1. The van der Waals surface area contributed by atoms with Gasteiger partial charge in [-0.3, -0.25) is 9.59 Å². The van der Waals surface area contributed by atoms with Gasteiger partial charge in [0.15, 0.2) is 6.61 Å². The molecule has 178 valence electrons. The van der Waals surface area contributed by atoms with Gasteiger partial charge in [-0.2, -0.15) is 5.10 Å². The van der Waals surface area contributed by atoms with E-state index >= 15 is 0 Å². The van der Waals surface area contributed by atoms with Gasteiger partial charge in [-0.25, -0.2) is 5.01 Å². The van der Waals surface area contributed by atoms with Crippen molar-refractivity contribution in [2.24, 2.45) is 22.4 Å². The Labute approximate surface area is 202 Å². The summed E-state index contributed by atoms with van der Waals surface area (Å²) in [6.07, 6.45) is 6.61. The number of amides is 1. The van der Waals surface area contributed by atoms with Gasteiger partial charge in [-0.15, -0.1) is 0 Å². The van der Waals surface area contributed by atoms with Crippen LogP contribution in [0.3, 0.4) is 0 Å². The highest BCUT2D eigenvalue weighted by molar-refractivity contribution is 6.30. The van der Waals surface area contributed by atoms with Gasteiger partial charge >= 0.3 is 5.97 Å². The molecule has 0 saturated heterocycles. The van der Waals surface area contributed by atoms with E-state index in [0.717, 1.165) is 43.4 Å². The molecule has 7 nitrogen and oxygen atoms in total. The van der Waals surface area contributed by atoms with E-state index in [0.29, 0.717) is 35.5 Å². The summed E-state index contributed by atoms with van der Waals surface area (Å²) < 4.78 is 11.2. The number of nitrogens with zero attached hydrogens (tertiary/aromatic N) is 2. The minimum atomic E-state index is -0.760. The number of esters is 1. The normalized spacial score (nSPS) is 33.8. The number of hydrogen-bond acceptors (Lipinski definition) is 6. The molecule has 5 aliphatic rings. The number of hydrazone groups is 1. The number of rotatable bonds is 5. The van der Waals surface area contributed by atoms with Crippen LogP contribution in [0, 0.1) is 17.3 Å². The summed E-state index contributed by atoms with van der Waals surface area (Å²) in [6.45, 7) is -0.386. The third-order valence-electron chi connectivity index (χ3n) is 8.00. The van der Waals surface area contributed by atoms with Crippen LogP contribution < -0.4 is 0 Å². The van der Waals surface area contributed by atoms with E-state index in [1.54, 1.807) is 24.5 Å². The van der Waals surface area contributed by atoms with E-state index in [4.69, 9.17) is 20.8 Å². The standard InChI is InChI=1S/C26H27ClN2O5/c27-19-5-3-18(4-6-19)20-9-21(22-2-1-7-33-22)29(28-20)23(30)14-34-24(31)25-10-16-8-17(11-25)13-26(32,12-16)15-25/h1-7,16-17,21,32H,8-15H2/t16-,17-,21+,25?,26?/m1/s1. The molecule has 4 bridgehead atoms. The molecule has 0 radical (unpaired) electrons. The molecule has 4 saturated carbocycles. The molecular weight excluding hydrogens is 456 g/mol. The fraction of sp³-hybridized carbons (Fsp3) is 0.500. The predicted octanol–water partition coefficient (Wildman–Crippen LogP) is 4.49. The summed E-state index contributed by atoms with van der Waals surface area (Å²) in [4.78, 5) is 26.4. The summed E-state index contributed by atoms with van der Waals surface area (Å²) >= 11 is 6.02. The van der Waals surface area contributed by atoms with Gasteiger partial charge in [0.2, 0.25) is 0 Å². The van der Waals surface area contributed by atoms with Crippen molar-refractivity contribution in [2.75, 3.05) is 6.61 Å². The average Bonchev–Trinajstić information content (AvgIpc) is 3.46. The Morgan fingerprint density at radius 2 is 1.88 bits per heavy atom. The summed E-state index contributed by atoms with van der Waals surface area (Å²) in [7, 11) is 0. The average molecular weight is 483 g/mol. The van der Waals surface area contributed by atoms with E-state index < -0.39 is 23.0 Å². The molecule has 0 unspecified atom stereocenters. The topological polar surface area (TPSA) is 92.3 Å². The first-order valence-corrected chi connectivity index (χ1v) is 12.3. The monoisotopic (exact) mass is 482 g/mol. The molecule has 8 heteroatoms. The van der Waals surface area contributed by atoms with E-state index in [2.05, 4.69) is 5.10 Å². The zero-order valence-electron chi connectivity index (χ0n) is 18.8. The van der Waals surface area contributed by atoms with Crippen LogP contribution in [0.2, 0.25) is 5.02 Å². The lowest BCUT2D eigenvalue weighted by atomic mass is 9.48. The quantitative estimate of drug-likeness (QED) is 0.634. The fourth-order valence-electron chi connectivity index (χ4n) is 7.06. The van der Waals surface area contributed by atoms with E-state index in [1.807, 2.05) is 18.2 Å². The van der Waals surface area contributed by atoms with Crippen LogP contribution in [0.5, 0.6) is 0 Å². The highest BCUT2D eigenvalue weighted by Crippen LogP contribution is 2.62. The molecule has 1 aromatic heterocycles. The van der Waals surface area contributed by atoms with E-state index in [1.165, 1.54) is 5.01 Å². The largest absolute Gasteiger partial charge is 0.467 e. The minimum Gasteiger partial charge on any atom is -0.467 e. The lowest BCUT2D eigenvalue weighted by Gasteiger charge is -2.58. The van der Waals surface area contributed by atoms with Gasteiger partial charge in [0.1, 0.15) is 11.8 Å². The van der Waals surface area contributed by atoms with E-state index in [-0.39, 0.29) is 12.6 Å². The minimum absolute atomic E-state index is 0.357. The molecule has 1 amide bonds. The first-order valence-electron chi connectivity index (χ1n) is 11.9. The van der Waals surface area contributed by atoms with Gasteiger partial charge in [0.25, 0.3) is 5.91 Å². The maximum absolute atomic E-state index is 13.2. The van der Waals surface area contributed by atoms with Crippen molar-refractivity contribution in [1.29, 1.82) is 0 Å². The van der Waals surface area contributed by atoms with Crippen molar-refractivity contribution in [1.82, 2.24) is 5.01 Å². The number of halogens is 1. The maximum atomic E-state index is 13.2. The molecule has 34 heavy (non-hydrogen) atoms. The third kappa shape index (κ3) is 3.75. The number of hydrogen-bond donors (Lipinski definition) is 1. The second kappa shape index (κ2) is 7.95. The van der Waals surface area contributed by atoms with Gasteiger partial charge in [-0.05, 0) is 80.2 Å². The Bertz CT molecular complexity index is 1130. The molecule has 1 N–H and O–H groups in total. The molecule has 3 atom stereocenters. The molecular formula is C26H27ClN2O5.